The molecule has 3 aromatic rings. The zero-order chi connectivity index (χ0) is 20.5. The molecule has 0 saturated carbocycles. The Morgan fingerprint density at radius 2 is 1.97 bits per heavy atom. The quantitative estimate of drug-likeness (QED) is 0.721. The molecule has 0 bridgehead atoms. The average molecular weight is 393 g/mol. The van der Waals surface area contributed by atoms with Gasteiger partial charge in [0.05, 0.1) is 18.3 Å². The smallest absolute Gasteiger partial charge is 0.251 e. The van der Waals surface area contributed by atoms with Crippen LogP contribution >= 0.6 is 0 Å². The Morgan fingerprint density at radius 1 is 1.21 bits per heavy atom. The first-order chi connectivity index (χ1) is 13.9. The molecule has 1 aromatic carbocycles. The summed E-state index contributed by atoms with van der Waals surface area (Å²) in [6.07, 6.45) is 1.87. The van der Waals surface area contributed by atoms with Crippen molar-refractivity contribution in [3.63, 3.8) is 0 Å². The molecule has 2 aromatic heterocycles. The van der Waals surface area contributed by atoms with Crippen molar-refractivity contribution in [1.29, 1.82) is 0 Å². The van der Waals surface area contributed by atoms with Crippen LogP contribution in [0.5, 0.6) is 0 Å². The van der Waals surface area contributed by atoms with E-state index in [2.05, 4.69) is 47.3 Å². The van der Waals surface area contributed by atoms with E-state index in [1.807, 2.05) is 40.6 Å². The number of aryl methyl sites for hydroxylation is 3. The predicted octanol–water partition coefficient (Wildman–Crippen LogP) is 3.53. The summed E-state index contributed by atoms with van der Waals surface area (Å²) in [6.45, 7) is 9.78. The normalized spacial score (nSPS) is 16.1. The van der Waals surface area contributed by atoms with E-state index in [9.17, 15) is 4.79 Å². The molecule has 29 heavy (non-hydrogen) atoms. The van der Waals surface area contributed by atoms with E-state index in [0.717, 1.165) is 48.0 Å². The van der Waals surface area contributed by atoms with Crippen molar-refractivity contribution in [3.05, 3.63) is 64.5 Å². The Labute approximate surface area is 171 Å². The van der Waals surface area contributed by atoms with Crippen LogP contribution in [0.3, 0.4) is 0 Å². The number of carbonyl (C=O) groups excluding carboxylic acids is 1. The molecular formula is C22H28N6O. The fraction of sp³-hybridized carbons (Fsp3) is 0.455. The summed E-state index contributed by atoms with van der Waals surface area (Å²) in [6, 6.07) is 9.71. The Kier molecular flexibility index (Phi) is 5.22. The van der Waals surface area contributed by atoms with Gasteiger partial charge in [-0.15, -0.1) is 0 Å². The maximum Gasteiger partial charge on any atom is 0.251 e. The average Bonchev–Trinajstić information content (AvgIpc) is 3.26. The largest absolute Gasteiger partial charge is 0.342 e. The van der Waals surface area contributed by atoms with Crippen molar-refractivity contribution >= 4 is 5.91 Å². The maximum atomic E-state index is 12.8. The molecule has 0 aliphatic carbocycles. The van der Waals surface area contributed by atoms with Gasteiger partial charge in [-0.05, 0) is 50.5 Å². The summed E-state index contributed by atoms with van der Waals surface area (Å²) >= 11 is 0. The van der Waals surface area contributed by atoms with Gasteiger partial charge in [0.25, 0.3) is 5.91 Å². The number of rotatable bonds is 5. The third kappa shape index (κ3) is 4.09. The molecule has 0 radical (unpaired) electrons. The fourth-order valence-corrected chi connectivity index (χ4v) is 3.76. The number of hydrogen-bond donors (Lipinski definition) is 1. The van der Waals surface area contributed by atoms with Crippen LogP contribution in [-0.2, 0) is 13.1 Å². The van der Waals surface area contributed by atoms with Crippen molar-refractivity contribution in [2.75, 3.05) is 0 Å². The van der Waals surface area contributed by atoms with Gasteiger partial charge in [0, 0.05) is 23.7 Å². The van der Waals surface area contributed by atoms with Crippen LogP contribution in [0.25, 0.3) is 0 Å². The van der Waals surface area contributed by atoms with Gasteiger partial charge in [0.15, 0.2) is 5.82 Å². The van der Waals surface area contributed by atoms with Gasteiger partial charge in [-0.25, -0.2) is 9.67 Å². The van der Waals surface area contributed by atoms with Crippen molar-refractivity contribution in [2.24, 2.45) is 0 Å². The molecule has 7 nitrogen and oxygen atoms in total. The fourth-order valence-electron chi connectivity index (χ4n) is 3.76. The molecule has 1 N–H and O–H groups in total. The highest BCUT2D eigenvalue weighted by Gasteiger charge is 2.26. The standard InChI is InChI=1S/C22H28N6O/c1-14(2)20-24-21-19(6-5-11-27(21)26-20)23-22(29)18-9-7-17(8-10-18)13-28-16(4)12-15(3)25-28/h7-10,12,14,19H,5-6,11,13H2,1-4H3,(H,23,29)/t19-/m0/s1. The molecule has 0 fully saturated rings. The Hall–Kier alpha value is -2.96. The second-order valence-corrected chi connectivity index (χ2v) is 8.16. The van der Waals surface area contributed by atoms with Gasteiger partial charge in [0.2, 0.25) is 0 Å². The molecule has 152 valence electrons. The monoisotopic (exact) mass is 392 g/mol. The van der Waals surface area contributed by atoms with E-state index in [1.165, 1.54) is 0 Å². The third-order valence-electron chi connectivity index (χ3n) is 5.36. The highest BCUT2D eigenvalue weighted by Crippen LogP contribution is 2.25. The number of hydrogen-bond acceptors (Lipinski definition) is 4. The van der Waals surface area contributed by atoms with E-state index in [4.69, 9.17) is 0 Å². The van der Waals surface area contributed by atoms with E-state index in [1.54, 1.807) is 0 Å². The first kappa shape index (κ1) is 19.4. The Balaban J connectivity index is 1.45. The summed E-state index contributed by atoms with van der Waals surface area (Å²) in [5.74, 6) is 1.92. The summed E-state index contributed by atoms with van der Waals surface area (Å²) < 4.78 is 3.92. The van der Waals surface area contributed by atoms with Gasteiger partial charge in [-0.1, -0.05) is 26.0 Å². The molecule has 3 heterocycles. The van der Waals surface area contributed by atoms with Crippen LogP contribution in [0.4, 0.5) is 0 Å². The molecule has 4 rings (SSSR count). The zero-order valence-corrected chi connectivity index (χ0v) is 17.5. The van der Waals surface area contributed by atoms with Gasteiger partial charge < -0.3 is 5.32 Å². The van der Waals surface area contributed by atoms with E-state index < -0.39 is 0 Å². The SMILES string of the molecule is Cc1cc(C)n(Cc2ccc(C(=O)N[C@H]3CCCn4nc(C(C)C)nc43)cc2)n1. The molecule has 0 unspecified atom stereocenters. The van der Waals surface area contributed by atoms with Crippen molar-refractivity contribution in [3.8, 4) is 0 Å². The lowest BCUT2D eigenvalue weighted by molar-refractivity contribution is 0.0927. The molecule has 1 aliphatic heterocycles. The predicted molar refractivity (Wildman–Crippen MR) is 111 cm³/mol. The van der Waals surface area contributed by atoms with Crippen molar-refractivity contribution < 1.29 is 4.79 Å². The molecular weight excluding hydrogens is 364 g/mol. The van der Waals surface area contributed by atoms with Crippen LogP contribution in [0.1, 0.15) is 77.6 Å². The third-order valence-corrected chi connectivity index (χ3v) is 5.36. The van der Waals surface area contributed by atoms with E-state index >= 15 is 0 Å². The topological polar surface area (TPSA) is 77.6 Å². The first-order valence-electron chi connectivity index (χ1n) is 10.3. The number of aromatic nitrogens is 5. The summed E-state index contributed by atoms with van der Waals surface area (Å²) in [7, 11) is 0. The summed E-state index contributed by atoms with van der Waals surface area (Å²) in [5, 5.41) is 12.2. The number of nitrogens with zero attached hydrogens (tertiary/aromatic N) is 5. The molecule has 0 spiro atoms. The lowest BCUT2D eigenvalue weighted by atomic mass is 10.1. The summed E-state index contributed by atoms with van der Waals surface area (Å²) in [4.78, 5) is 17.5. The lowest BCUT2D eigenvalue weighted by Crippen LogP contribution is -2.33. The Bertz CT molecular complexity index is 1010. The second-order valence-electron chi connectivity index (χ2n) is 8.16. The second kappa shape index (κ2) is 7.81. The number of nitrogens with one attached hydrogen (secondary N) is 1. The number of carbonyl (C=O) groups is 1. The lowest BCUT2D eigenvalue weighted by Gasteiger charge is -2.23. The molecule has 1 aliphatic rings. The van der Waals surface area contributed by atoms with E-state index in [-0.39, 0.29) is 17.9 Å². The number of benzene rings is 1. The van der Waals surface area contributed by atoms with Crippen LogP contribution in [0, 0.1) is 13.8 Å². The highest BCUT2D eigenvalue weighted by molar-refractivity contribution is 5.94. The Morgan fingerprint density at radius 3 is 2.62 bits per heavy atom. The van der Waals surface area contributed by atoms with Crippen LogP contribution in [0.15, 0.2) is 30.3 Å². The number of fused-ring (bicyclic) bond motifs is 1. The van der Waals surface area contributed by atoms with E-state index in [0.29, 0.717) is 12.1 Å². The van der Waals surface area contributed by atoms with Crippen LogP contribution in [0.2, 0.25) is 0 Å². The summed E-state index contributed by atoms with van der Waals surface area (Å²) in [5.41, 5.74) is 3.92. The molecule has 0 saturated heterocycles. The number of amides is 1. The molecule has 1 amide bonds. The van der Waals surface area contributed by atoms with Crippen LogP contribution in [-0.4, -0.2) is 30.5 Å². The van der Waals surface area contributed by atoms with Gasteiger partial charge in [-0.2, -0.15) is 10.2 Å². The highest BCUT2D eigenvalue weighted by atomic mass is 16.1. The minimum Gasteiger partial charge on any atom is -0.342 e. The van der Waals surface area contributed by atoms with Gasteiger partial charge >= 0.3 is 0 Å². The minimum atomic E-state index is -0.0920. The van der Waals surface area contributed by atoms with Crippen molar-refractivity contribution in [1.82, 2.24) is 29.9 Å². The zero-order valence-electron chi connectivity index (χ0n) is 17.5. The molecule has 1 atom stereocenters. The van der Waals surface area contributed by atoms with Gasteiger partial charge in [0.1, 0.15) is 5.82 Å². The van der Waals surface area contributed by atoms with Crippen LogP contribution < -0.4 is 5.32 Å². The minimum absolute atomic E-state index is 0.0739. The maximum absolute atomic E-state index is 12.8. The first-order valence-corrected chi connectivity index (χ1v) is 10.3. The molecule has 7 heteroatoms. The van der Waals surface area contributed by atoms with Gasteiger partial charge in [-0.3, -0.25) is 9.48 Å². The van der Waals surface area contributed by atoms with Crippen molar-refractivity contribution in [2.45, 2.75) is 65.6 Å².